The summed E-state index contributed by atoms with van der Waals surface area (Å²) in [6.07, 6.45) is -0.256. The minimum atomic E-state index is -1.16. The minimum Gasteiger partial charge on any atom is -0.480 e. The van der Waals surface area contributed by atoms with E-state index < -0.39 is 36.2 Å². The summed E-state index contributed by atoms with van der Waals surface area (Å²) in [4.78, 5) is 37.6. The fourth-order valence-electron chi connectivity index (χ4n) is 3.13. The third-order valence-corrected chi connectivity index (χ3v) is 5.79. The topological polar surface area (TPSA) is 166 Å². The van der Waals surface area contributed by atoms with E-state index in [0.29, 0.717) is 10.0 Å². The van der Waals surface area contributed by atoms with E-state index in [0.717, 1.165) is 16.0 Å². The molecule has 0 aliphatic rings. The summed E-state index contributed by atoms with van der Waals surface area (Å²) in [7, 11) is 0. The van der Waals surface area contributed by atoms with Crippen LogP contribution in [0.3, 0.4) is 0 Å². The van der Waals surface area contributed by atoms with E-state index in [1.807, 2.05) is 30.3 Å². The minimum absolute atomic E-state index is 0.0299. The first-order valence-corrected chi connectivity index (χ1v) is 11.5. The second kappa shape index (κ2) is 13.6. The number of halogens is 2. The summed E-state index contributed by atoms with van der Waals surface area (Å²) in [6.45, 7) is 0.396. The summed E-state index contributed by atoms with van der Waals surface area (Å²) in [5.74, 6) is -2.91. The van der Waals surface area contributed by atoms with Crippen LogP contribution in [0.1, 0.15) is 30.4 Å². The highest BCUT2D eigenvalue weighted by Gasteiger charge is 2.24. The Bertz CT molecular complexity index is 1050. The molecule has 188 valence electrons. The molecule has 0 heterocycles. The lowest BCUT2D eigenvalue weighted by atomic mass is 10.1. The zero-order valence-corrected chi connectivity index (χ0v) is 20.4. The summed E-state index contributed by atoms with van der Waals surface area (Å²) in [5.41, 5.74) is 15.6. The molecule has 0 saturated heterocycles. The van der Waals surface area contributed by atoms with Crippen LogP contribution in [-0.2, 0) is 27.5 Å². The first kappa shape index (κ1) is 28.1. The monoisotopic (exact) mass is 522 g/mol. The molecule has 0 aliphatic carbocycles. The van der Waals surface area contributed by atoms with Crippen molar-refractivity contribution in [3.05, 3.63) is 69.7 Å². The molecule has 10 nitrogen and oxygen atoms in total. The molecule has 2 rings (SSSR count). The predicted molar refractivity (Wildman–Crippen MR) is 133 cm³/mol. The van der Waals surface area contributed by atoms with Crippen molar-refractivity contribution in [2.24, 2.45) is 11.5 Å². The van der Waals surface area contributed by atoms with Crippen LogP contribution in [0.25, 0.3) is 0 Å². The van der Waals surface area contributed by atoms with Gasteiger partial charge in [0.1, 0.15) is 12.5 Å². The molecule has 2 aromatic carbocycles. The number of carbonyl (C=O) groups excluding carboxylic acids is 2. The van der Waals surface area contributed by atoms with Gasteiger partial charge in [0.05, 0.1) is 16.6 Å². The Morgan fingerprint density at radius 3 is 2.31 bits per heavy atom. The van der Waals surface area contributed by atoms with Gasteiger partial charge in [-0.3, -0.25) is 29.7 Å². The summed E-state index contributed by atoms with van der Waals surface area (Å²) in [6, 6.07) is 13.2. The van der Waals surface area contributed by atoms with Gasteiger partial charge in [-0.1, -0.05) is 59.6 Å². The maximum Gasteiger partial charge on any atom is 0.320 e. The molecule has 12 heteroatoms. The van der Waals surface area contributed by atoms with Gasteiger partial charge in [0, 0.05) is 13.1 Å². The fourth-order valence-corrected chi connectivity index (χ4v) is 3.45. The number of carboxylic acid groups (broad SMARTS) is 1. The van der Waals surface area contributed by atoms with Crippen molar-refractivity contribution >= 4 is 46.9 Å². The van der Waals surface area contributed by atoms with Crippen molar-refractivity contribution in [2.75, 3.05) is 6.54 Å². The van der Waals surface area contributed by atoms with E-state index in [4.69, 9.17) is 45.2 Å². The Hall–Kier alpha value is -3.18. The maximum absolute atomic E-state index is 13.1. The number of aliphatic carboxylic acids is 1. The Kier molecular flexibility index (Phi) is 10.9. The number of carboxylic acids is 1. The van der Waals surface area contributed by atoms with Gasteiger partial charge in [-0.25, -0.2) is 5.43 Å². The number of rotatable bonds is 12. The van der Waals surface area contributed by atoms with Gasteiger partial charge in [0.2, 0.25) is 11.8 Å². The Morgan fingerprint density at radius 1 is 1.03 bits per heavy atom. The van der Waals surface area contributed by atoms with Crippen LogP contribution < -0.4 is 16.9 Å². The highest BCUT2D eigenvalue weighted by atomic mass is 35.5. The van der Waals surface area contributed by atoms with E-state index in [1.165, 1.54) is 5.01 Å². The van der Waals surface area contributed by atoms with Crippen LogP contribution in [0, 0.1) is 5.41 Å². The second-order valence-corrected chi connectivity index (χ2v) is 8.56. The van der Waals surface area contributed by atoms with Gasteiger partial charge in [0.25, 0.3) is 0 Å². The SMILES string of the molecule is N=C(N)N(CCCC(N)C(=O)O)C(=O)CC(=O)N(Cc1ccccc1)NCc1ccc(Cl)c(Cl)c1. The Morgan fingerprint density at radius 2 is 1.71 bits per heavy atom. The van der Waals surface area contributed by atoms with Gasteiger partial charge < -0.3 is 16.6 Å². The van der Waals surface area contributed by atoms with E-state index in [1.54, 1.807) is 18.2 Å². The fraction of sp³-hybridized carbons (Fsp3) is 0.304. The number of amides is 2. The normalized spacial score (nSPS) is 11.5. The third kappa shape index (κ3) is 9.18. The molecule has 1 atom stereocenters. The van der Waals surface area contributed by atoms with Crippen LogP contribution in [-0.4, -0.2) is 51.3 Å². The maximum atomic E-state index is 13.1. The highest BCUT2D eigenvalue weighted by Crippen LogP contribution is 2.22. The van der Waals surface area contributed by atoms with E-state index in [9.17, 15) is 14.4 Å². The van der Waals surface area contributed by atoms with Gasteiger partial charge in [-0.15, -0.1) is 0 Å². The molecule has 0 spiro atoms. The number of hydrazine groups is 1. The molecule has 0 aliphatic heterocycles. The average molecular weight is 523 g/mol. The first-order valence-electron chi connectivity index (χ1n) is 10.7. The van der Waals surface area contributed by atoms with Crippen molar-refractivity contribution < 1.29 is 19.5 Å². The van der Waals surface area contributed by atoms with Gasteiger partial charge in [-0.2, -0.15) is 0 Å². The lowest BCUT2D eigenvalue weighted by molar-refractivity contribution is -0.141. The Balaban J connectivity index is 2.08. The molecule has 0 aromatic heterocycles. The molecular weight excluding hydrogens is 495 g/mol. The van der Waals surface area contributed by atoms with Crippen molar-refractivity contribution in [3.63, 3.8) is 0 Å². The lowest BCUT2D eigenvalue weighted by Gasteiger charge is -2.26. The van der Waals surface area contributed by atoms with Gasteiger partial charge in [0.15, 0.2) is 5.96 Å². The number of hydrogen-bond donors (Lipinski definition) is 5. The van der Waals surface area contributed by atoms with Crippen LogP contribution in [0.15, 0.2) is 48.5 Å². The standard InChI is InChI=1S/C23H28Cl2N6O4/c24-17-9-8-16(11-18(17)25)13-29-31(14-15-5-2-1-3-6-15)21(33)12-20(32)30(23(27)28)10-4-7-19(26)22(34)35/h1-3,5-6,8-9,11,19,29H,4,7,10,12-14,26H2,(H3,27,28)(H,34,35). The Labute approximate surface area is 213 Å². The molecule has 0 radical (unpaired) electrons. The van der Waals surface area contributed by atoms with Crippen LogP contribution in [0.4, 0.5) is 0 Å². The molecule has 7 N–H and O–H groups in total. The number of carbonyl (C=O) groups is 3. The summed E-state index contributed by atoms with van der Waals surface area (Å²) in [5, 5.41) is 18.7. The van der Waals surface area contributed by atoms with Crippen LogP contribution in [0.2, 0.25) is 10.0 Å². The largest absolute Gasteiger partial charge is 0.480 e. The third-order valence-electron chi connectivity index (χ3n) is 5.05. The molecular formula is C23H28Cl2N6O4. The number of nitrogens with one attached hydrogen (secondary N) is 2. The van der Waals surface area contributed by atoms with Crippen molar-refractivity contribution in [1.29, 1.82) is 5.41 Å². The lowest BCUT2D eigenvalue weighted by Crippen LogP contribution is -2.47. The molecule has 1 unspecified atom stereocenters. The van der Waals surface area contributed by atoms with Gasteiger partial charge in [-0.05, 0) is 36.1 Å². The van der Waals surface area contributed by atoms with E-state index >= 15 is 0 Å². The number of benzene rings is 2. The first-order chi connectivity index (χ1) is 16.6. The molecule has 0 fully saturated rings. The zero-order valence-electron chi connectivity index (χ0n) is 18.9. The number of hydrogen-bond acceptors (Lipinski definition) is 6. The van der Waals surface area contributed by atoms with Crippen LogP contribution >= 0.6 is 23.2 Å². The van der Waals surface area contributed by atoms with Gasteiger partial charge >= 0.3 is 5.97 Å². The molecule has 35 heavy (non-hydrogen) atoms. The average Bonchev–Trinajstić information content (AvgIpc) is 2.81. The smallest absolute Gasteiger partial charge is 0.320 e. The van der Waals surface area contributed by atoms with Crippen LogP contribution in [0.5, 0.6) is 0 Å². The molecule has 0 saturated carbocycles. The quantitative estimate of drug-likeness (QED) is 0.123. The van der Waals surface area contributed by atoms with E-state index in [2.05, 4.69) is 5.43 Å². The summed E-state index contributed by atoms with van der Waals surface area (Å²) < 4.78 is 0. The van der Waals surface area contributed by atoms with Crippen molar-refractivity contribution in [2.45, 2.75) is 38.4 Å². The van der Waals surface area contributed by atoms with Crippen molar-refractivity contribution in [1.82, 2.24) is 15.3 Å². The zero-order chi connectivity index (χ0) is 26.0. The molecule has 0 bridgehead atoms. The second-order valence-electron chi connectivity index (χ2n) is 7.74. The molecule has 2 amide bonds. The summed E-state index contributed by atoms with van der Waals surface area (Å²) >= 11 is 12.0. The predicted octanol–water partition coefficient (Wildman–Crippen LogP) is 2.33. The van der Waals surface area contributed by atoms with E-state index in [-0.39, 0.29) is 32.5 Å². The number of guanidine groups is 1. The van der Waals surface area contributed by atoms with Crippen molar-refractivity contribution in [3.8, 4) is 0 Å². The number of nitrogens with two attached hydrogens (primary N) is 2. The molecule has 2 aromatic rings. The number of nitrogens with zero attached hydrogens (tertiary/aromatic N) is 2. The highest BCUT2D eigenvalue weighted by molar-refractivity contribution is 6.42.